The maximum Gasteiger partial charge on any atom is 0.157 e. The Hall–Kier alpha value is -2.36. The fourth-order valence-electron chi connectivity index (χ4n) is 3.24. The number of pyridine rings is 1. The molecule has 3 aromatic rings. The predicted octanol–water partition coefficient (Wildman–Crippen LogP) is 4.17. The van der Waals surface area contributed by atoms with Gasteiger partial charge >= 0.3 is 0 Å². The number of nitrogens with zero attached hydrogens (tertiary/aromatic N) is 3. The van der Waals surface area contributed by atoms with Gasteiger partial charge in [-0.15, -0.1) is 0 Å². The van der Waals surface area contributed by atoms with Crippen molar-refractivity contribution in [2.24, 2.45) is 5.92 Å². The highest BCUT2D eigenvalue weighted by Crippen LogP contribution is 2.27. The van der Waals surface area contributed by atoms with Crippen LogP contribution in [0, 0.1) is 12.8 Å². The Kier molecular flexibility index (Phi) is 3.52. The van der Waals surface area contributed by atoms with Crippen LogP contribution in [0.1, 0.15) is 25.3 Å². The third-order valence-corrected chi connectivity index (χ3v) is 4.80. The Morgan fingerprint density at radius 1 is 1.04 bits per heavy atom. The molecule has 0 atom stereocenters. The van der Waals surface area contributed by atoms with Gasteiger partial charge in [-0.3, -0.25) is 0 Å². The fraction of sp³-hybridized carbons (Fsp3) is 0.368. The number of rotatable bonds is 2. The zero-order valence-corrected chi connectivity index (χ0v) is 13.7. The minimum absolute atomic E-state index is 0.826. The topological polar surface area (TPSA) is 44.8 Å². The highest BCUT2D eigenvalue weighted by Gasteiger charge is 2.18. The van der Waals surface area contributed by atoms with Crippen molar-refractivity contribution in [2.75, 3.05) is 18.0 Å². The summed E-state index contributed by atoms with van der Waals surface area (Å²) in [6.07, 6.45) is 2.49. The number of aromatic nitrogens is 3. The first kappa shape index (κ1) is 14.2. The van der Waals surface area contributed by atoms with E-state index >= 15 is 0 Å². The van der Waals surface area contributed by atoms with Crippen molar-refractivity contribution in [2.45, 2.75) is 26.7 Å². The number of anilines is 1. The van der Waals surface area contributed by atoms with Gasteiger partial charge in [0.25, 0.3) is 0 Å². The summed E-state index contributed by atoms with van der Waals surface area (Å²) in [5, 5.41) is 0. The highest BCUT2D eigenvalue weighted by molar-refractivity contribution is 5.79. The van der Waals surface area contributed by atoms with Gasteiger partial charge in [-0.1, -0.05) is 25.1 Å². The Labute approximate surface area is 136 Å². The lowest BCUT2D eigenvalue weighted by molar-refractivity contribution is 0.436. The highest BCUT2D eigenvalue weighted by atomic mass is 15.2. The number of H-pyrrole nitrogens is 1. The van der Waals surface area contributed by atoms with Gasteiger partial charge in [0.05, 0.1) is 11.0 Å². The van der Waals surface area contributed by atoms with E-state index in [2.05, 4.69) is 41.9 Å². The first-order chi connectivity index (χ1) is 11.2. The number of para-hydroxylation sites is 2. The molecule has 1 aliphatic rings. The van der Waals surface area contributed by atoms with Crippen molar-refractivity contribution in [1.82, 2.24) is 15.0 Å². The molecule has 3 heterocycles. The minimum atomic E-state index is 0.826. The lowest BCUT2D eigenvalue weighted by Crippen LogP contribution is -2.33. The molecule has 1 aromatic carbocycles. The van der Waals surface area contributed by atoms with Crippen molar-refractivity contribution < 1.29 is 0 Å². The number of fused-ring (bicyclic) bond motifs is 1. The third kappa shape index (κ3) is 2.69. The van der Waals surface area contributed by atoms with Crippen molar-refractivity contribution in [1.29, 1.82) is 0 Å². The molecule has 0 saturated carbocycles. The molecule has 0 unspecified atom stereocenters. The molecular formula is C19H22N4. The maximum absolute atomic E-state index is 4.92. The largest absolute Gasteiger partial charge is 0.357 e. The van der Waals surface area contributed by atoms with Gasteiger partial charge in [0.1, 0.15) is 11.5 Å². The molecule has 4 rings (SSSR count). The number of hydrogen-bond donors (Lipinski definition) is 1. The molecule has 23 heavy (non-hydrogen) atoms. The lowest BCUT2D eigenvalue weighted by Gasteiger charge is -2.31. The third-order valence-electron chi connectivity index (χ3n) is 4.80. The number of imidazole rings is 1. The van der Waals surface area contributed by atoms with Gasteiger partial charge in [0.2, 0.25) is 0 Å². The summed E-state index contributed by atoms with van der Waals surface area (Å²) in [4.78, 5) is 15.4. The number of hydrogen-bond acceptors (Lipinski definition) is 3. The zero-order chi connectivity index (χ0) is 15.8. The van der Waals surface area contributed by atoms with Crippen LogP contribution in [0.25, 0.3) is 22.6 Å². The van der Waals surface area contributed by atoms with E-state index < -0.39 is 0 Å². The van der Waals surface area contributed by atoms with E-state index in [9.17, 15) is 0 Å². The van der Waals surface area contributed by atoms with E-state index in [1.54, 1.807) is 0 Å². The Morgan fingerprint density at radius 3 is 2.61 bits per heavy atom. The maximum atomic E-state index is 4.92. The van der Waals surface area contributed by atoms with Gasteiger partial charge in [0.15, 0.2) is 5.82 Å². The number of nitrogens with one attached hydrogen (secondary N) is 1. The second-order valence-corrected chi connectivity index (χ2v) is 6.61. The van der Waals surface area contributed by atoms with Crippen LogP contribution < -0.4 is 4.90 Å². The fourth-order valence-corrected chi connectivity index (χ4v) is 3.24. The molecule has 0 spiro atoms. The van der Waals surface area contributed by atoms with Crippen LogP contribution >= 0.6 is 0 Å². The van der Waals surface area contributed by atoms with E-state index in [4.69, 9.17) is 9.97 Å². The molecule has 4 nitrogen and oxygen atoms in total. The Bertz CT molecular complexity index is 795. The van der Waals surface area contributed by atoms with Crippen molar-refractivity contribution in [3.63, 3.8) is 0 Å². The summed E-state index contributed by atoms with van der Waals surface area (Å²) < 4.78 is 0. The van der Waals surface area contributed by atoms with Crippen molar-refractivity contribution in [3.05, 3.63) is 42.0 Å². The summed E-state index contributed by atoms with van der Waals surface area (Å²) in [5.41, 5.74) is 4.15. The van der Waals surface area contributed by atoms with Gasteiger partial charge in [-0.25, -0.2) is 9.97 Å². The normalized spacial score (nSPS) is 16.2. The van der Waals surface area contributed by atoms with E-state index in [1.807, 2.05) is 18.2 Å². The zero-order valence-electron chi connectivity index (χ0n) is 13.7. The molecule has 1 N–H and O–H groups in total. The summed E-state index contributed by atoms with van der Waals surface area (Å²) >= 11 is 0. The summed E-state index contributed by atoms with van der Waals surface area (Å²) in [6, 6.07) is 12.4. The van der Waals surface area contributed by atoms with E-state index in [0.717, 1.165) is 52.9 Å². The second kappa shape index (κ2) is 5.69. The smallest absolute Gasteiger partial charge is 0.157 e. The summed E-state index contributed by atoms with van der Waals surface area (Å²) in [5.74, 6) is 2.75. The van der Waals surface area contributed by atoms with Gasteiger partial charge in [-0.05, 0) is 49.4 Å². The van der Waals surface area contributed by atoms with Crippen molar-refractivity contribution >= 4 is 16.9 Å². The quantitative estimate of drug-likeness (QED) is 0.773. The second-order valence-electron chi connectivity index (χ2n) is 6.61. The monoisotopic (exact) mass is 306 g/mol. The van der Waals surface area contributed by atoms with Crippen LogP contribution in [0.4, 0.5) is 5.82 Å². The van der Waals surface area contributed by atoms with Crippen LogP contribution in [0.3, 0.4) is 0 Å². The molecule has 1 fully saturated rings. The van der Waals surface area contributed by atoms with Crippen molar-refractivity contribution in [3.8, 4) is 11.5 Å². The van der Waals surface area contributed by atoms with Crippen LogP contribution in [0.2, 0.25) is 0 Å². The number of aryl methyl sites for hydroxylation is 1. The Morgan fingerprint density at radius 2 is 1.83 bits per heavy atom. The van der Waals surface area contributed by atoms with E-state index in [0.29, 0.717) is 0 Å². The molecule has 1 saturated heterocycles. The van der Waals surface area contributed by atoms with Crippen LogP contribution in [-0.4, -0.2) is 28.0 Å². The standard InChI is InChI=1S/C19H22N4/c1-13-9-11-23(12-10-13)17-8-7-14(2)18(22-17)19-20-15-5-3-4-6-16(15)21-19/h3-8,13H,9-12H2,1-2H3,(H,20,21). The number of benzene rings is 1. The molecule has 4 heteroatoms. The van der Waals surface area contributed by atoms with E-state index in [-0.39, 0.29) is 0 Å². The number of piperidine rings is 1. The van der Waals surface area contributed by atoms with Crippen LogP contribution in [-0.2, 0) is 0 Å². The molecular weight excluding hydrogens is 284 g/mol. The SMILES string of the molecule is Cc1ccc(N2CCC(C)CC2)nc1-c1nc2ccccc2[nH]1. The molecule has 118 valence electrons. The Balaban J connectivity index is 1.71. The van der Waals surface area contributed by atoms with Gasteiger partial charge in [-0.2, -0.15) is 0 Å². The van der Waals surface area contributed by atoms with Crippen LogP contribution in [0.5, 0.6) is 0 Å². The molecule has 0 amide bonds. The lowest BCUT2D eigenvalue weighted by atomic mass is 9.99. The first-order valence-electron chi connectivity index (χ1n) is 8.38. The predicted molar refractivity (Wildman–Crippen MR) is 94.7 cm³/mol. The summed E-state index contributed by atoms with van der Waals surface area (Å²) in [7, 11) is 0. The molecule has 0 aliphatic carbocycles. The first-order valence-corrected chi connectivity index (χ1v) is 8.38. The molecule has 0 radical (unpaired) electrons. The molecule has 2 aromatic heterocycles. The van der Waals surface area contributed by atoms with Gasteiger partial charge in [0, 0.05) is 13.1 Å². The average molecular weight is 306 g/mol. The van der Waals surface area contributed by atoms with E-state index in [1.165, 1.54) is 12.8 Å². The summed E-state index contributed by atoms with van der Waals surface area (Å²) in [6.45, 7) is 6.62. The minimum Gasteiger partial charge on any atom is -0.357 e. The van der Waals surface area contributed by atoms with Gasteiger partial charge < -0.3 is 9.88 Å². The molecule has 1 aliphatic heterocycles. The van der Waals surface area contributed by atoms with Crippen LogP contribution in [0.15, 0.2) is 36.4 Å². The average Bonchev–Trinajstić information content (AvgIpc) is 3.00. The number of aromatic amines is 1. The molecule has 0 bridgehead atoms.